The van der Waals surface area contributed by atoms with E-state index in [1.807, 2.05) is 0 Å². The van der Waals surface area contributed by atoms with Crippen LogP contribution >= 0.6 is 11.3 Å². The Labute approximate surface area is 104 Å². The summed E-state index contributed by atoms with van der Waals surface area (Å²) < 4.78 is 26.0. The van der Waals surface area contributed by atoms with E-state index in [4.69, 9.17) is 5.11 Å². The maximum atomic E-state index is 11.7. The number of carboxylic acids is 1. The van der Waals surface area contributed by atoms with Crippen LogP contribution in [0.5, 0.6) is 0 Å². The Morgan fingerprint density at radius 1 is 1.53 bits per heavy atom. The Balaban J connectivity index is 2.38. The van der Waals surface area contributed by atoms with E-state index in [1.165, 1.54) is 6.20 Å². The van der Waals surface area contributed by atoms with Crippen molar-refractivity contribution in [2.45, 2.75) is 30.4 Å². The van der Waals surface area contributed by atoms with Gasteiger partial charge in [0.25, 0.3) is 10.0 Å². The zero-order chi connectivity index (χ0) is 12.9. The summed E-state index contributed by atoms with van der Waals surface area (Å²) in [7, 11) is -3.48. The van der Waals surface area contributed by atoms with Crippen molar-refractivity contribution in [1.82, 2.24) is 9.71 Å². The van der Waals surface area contributed by atoms with Crippen LogP contribution in [0.25, 0.3) is 0 Å². The summed E-state index contributed by atoms with van der Waals surface area (Å²) in [6.07, 6.45) is 2.34. The second-order valence-electron chi connectivity index (χ2n) is 3.45. The molecule has 0 saturated carbocycles. The number of thiazole rings is 1. The van der Waals surface area contributed by atoms with E-state index in [1.54, 1.807) is 6.92 Å². The molecule has 0 amide bonds. The van der Waals surface area contributed by atoms with Crippen LogP contribution in [-0.4, -0.2) is 31.0 Å². The number of aryl methyl sites for hydroxylation is 1. The lowest BCUT2D eigenvalue weighted by molar-refractivity contribution is -0.137. The maximum Gasteiger partial charge on any atom is 0.303 e. The summed E-state index contributed by atoms with van der Waals surface area (Å²) in [4.78, 5) is 14.1. The molecule has 1 aromatic rings. The molecule has 0 unspecified atom stereocenters. The Bertz CT molecular complexity index is 481. The molecule has 0 spiro atoms. The average molecular weight is 278 g/mol. The number of nitrogens with one attached hydrogen (secondary N) is 1. The number of sulfonamides is 1. The van der Waals surface area contributed by atoms with Crippen molar-refractivity contribution in [3.63, 3.8) is 0 Å². The second kappa shape index (κ2) is 6.08. The molecule has 0 aliphatic heterocycles. The van der Waals surface area contributed by atoms with Gasteiger partial charge in [-0.3, -0.25) is 4.79 Å². The van der Waals surface area contributed by atoms with Crippen molar-refractivity contribution >= 4 is 27.3 Å². The fourth-order valence-electron chi connectivity index (χ4n) is 1.15. The summed E-state index contributed by atoms with van der Waals surface area (Å²) >= 11 is 1.11. The normalized spacial score (nSPS) is 11.6. The monoisotopic (exact) mass is 278 g/mol. The van der Waals surface area contributed by atoms with Crippen LogP contribution < -0.4 is 4.72 Å². The highest BCUT2D eigenvalue weighted by atomic mass is 32.2. The predicted octanol–water partition coefficient (Wildman–Crippen LogP) is 0.985. The van der Waals surface area contributed by atoms with E-state index < -0.39 is 16.0 Å². The Kier molecular flexibility index (Phi) is 5.03. The first-order valence-electron chi connectivity index (χ1n) is 5.06. The van der Waals surface area contributed by atoms with Crippen molar-refractivity contribution < 1.29 is 18.3 Å². The third-order valence-corrected chi connectivity index (χ3v) is 4.81. The van der Waals surface area contributed by atoms with E-state index in [-0.39, 0.29) is 17.2 Å². The molecule has 17 heavy (non-hydrogen) atoms. The van der Waals surface area contributed by atoms with Crippen molar-refractivity contribution in [1.29, 1.82) is 0 Å². The van der Waals surface area contributed by atoms with Gasteiger partial charge in [-0.25, -0.2) is 18.1 Å². The molecule has 0 aromatic carbocycles. The minimum Gasteiger partial charge on any atom is -0.481 e. The molecule has 0 bridgehead atoms. The number of carboxylic acid groups (broad SMARTS) is 1. The van der Waals surface area contributed by atoms with Gasteiger partial charge in [-0.15, -0.1) is 11.3 Å². The lowest BCUT2D eigenvalue weighted by atomic mass is 10.2. The fourth-order valence-corrected chi connectivity index (χ4v) is 3.37. The number of hydrogen-bond donors (Lipinski definition) is 2. The third-order valence-electron chi connectivity index (χ3n) is 1.97. The van der Waals surface area contributed by atoms with Crippen LogP contribution in [0.2, 0.25) is 0 Å². The van der Waals surface area contributed by atoms with E-state index in [9.17, 15) is 13.2 Å². The van der Waals surface area contributed by atoms with Crippen LogP contribution in [-0.2, 0) is 14.8 Å². The molecule has 0 atom stereocenters. The lowest BCUT2D eigenvalue weighted by Crippen LogP contribution is -2.24. The van der Waals surface area contributed by atoms with Gasteiger partial charge in [0.15, 0.2) is 4.21 Å². The van der Waals surface area contributed by atoms with E-state index >= 15 is 0 Å². The number of hydrogen-bond acceptors (Lipinski definition) is 5. The summed E-state index contributed by atoms with van der Waals surface area (Å²) in [6.45, 7) is 1.98. The van der Waals surface area contributed by atoms with Crippen LogP contribution in [0, 0.1) is 6.92 Å². The van der Waals surface area contributed by atoms with Gasteiger partial charge in [0, 0.05) is 13.0 Å². The molecule has 6 nitrogen and oxygen atoms in total. The van der Waals surface area contributed by atoms with Crippen LogP contribution in [0.1, 0.15) is 24.3 Å². The quantitative estimate of drug-likeness (QED) is 0.725. The fraction of sp³-hybridized carbons (Fsp3) is 0.556. The Hall–Kier alpha value is -0.990. The van der Waals surface area contributed by atoms with Gasteiger partial charge >= 0.3 is 5.97 Å². The molecule has 1 heterocycles. The zero-order valence-corrected chi connectivity index (χ0v) is 11.0. The summed E-state index contributed by atoms with van der Waals surface area (Å²) in [5.74, 6) is -0.870. The molecule has 8 heteroatoms. The van der Waals surface area contributed by atoms with Crippen LogP contribution in [0.3, 0.4) is 0 Å². The smallest absolute Gasteiger partial charge is 0.303 e. The first-order valence-corrected chi connectivity index (χ1v) is 7.35. The van der Waals surface area contributed by atoms with E-state index in [0.717, 1.165) is 11.3 Å². The van der Waals surface area contributed by atoms with Gasteiger partial charge in [-0.1, -0.05) is 0 Å². The first kappa shape index (κ1) is 14.1. The molecule has 0 radical (unpaired) electrons. The number of nitrogens with zero attached hydrogens (tertiary/aromatic N) is 1. The highest BCUT2D eigenvalue weighted by Gasteiger charge is 2.15. The molecule has 96 valence electrons. The van der Waals surface area contributed by atoms with Crippen molar-refractivity contribution in [3.8, 4) is 0 Å². The van der Waals surface area contributed by atoms with E-state index in [2.05, 4.69) is 9.71 Å². The summed E-state index contributed by atoms with van der Waals surface area (Å²) in [5.41, 5.74) is 0. The molecule has 1 aromatic heterocycles. The van der Waals surface area contributed by atoms with Gasteiger partial charge < -0.3 is 5.11 Å². The van der Waals surface area contributed by atoms with Crippen molar-refractivity contribution in [2.24, 2.45) is 0 Å². The van der Waals surface area contributed by atoms with Gasteiger partial charge in [-0.2, -0.15) is 0 Å². The predicted molar refractivity (Wildman–Crippen MR) is 63.5 cm³/mol. The molecule has 2 N–H and O–H groups in total. The number of carbonyl (C=O) groups is 1. The highest BCUT2D eigenvalue weighted by Crippen LogP contribution is 2.17. The molecular weight excluding hydrogens is 264 g/mol. The second-order valence-corrected chi connectivity index (χ2v) is 6.68. The van der Waals surface area contributed by atoms with Gasteiger partial charge in [0.2, 0.25) is 0 Å². The molecule has 0 aliphatic rings. The minimum absolute atomic E-state index is 0.0569. The number of aromatic nitrogens is 1. The van der Waals surface area contributed by atoms with Crippen molar-refractivity contribution in [3.05, 3.63) is 11.2 Å². The van der Waals surface area contributed by atoms with Crippen LogP contribution in [0.15, 0.2) is 10.4 Å². The molecule has 0 fully saturated rings. The molecular formula is C9H14N2O4S2. The van der Waals surface area contributed by atoms with Gasteiger partial charge in [0.05, 0.1) is 11.2 Å². The highest BCUT2D eigenvalue weighted by molar-refractivity contribution is 7.91. The Morgan fingerprint density at radius 3 is 2.76 bits per heavy atom. The molecule has 0 aliphatic carbocycles. The standard InChI is InChI=1S/C9H14N2O4S2/c1-7-10-6-9(16-7)17(14,15)11-5-3-2-4-8(12)13/h6,11H,2-5H2,1H3,(H,12,13). The first-order chi connectivity index (χ1) is 7.92. The lowest BCUT2D eigenvalue weighted by Gasteiger charge is -2.03. The number of rotatable bonds is 7. The van der Waals surface area contributed by atoms with E-state index in [0.29, 0.717) is 17.8 Å². The minimum atomic E-state index is -3.48. The zero-order valence-electron chi connectivity index (χ0n) is 9.34. The van der Waals surface area contributed by atoms with Crippen LogP contribution in [0.4, 0.5) is 0 Å². The summed E-state index contributed by atoms with van der Waals surface area (Å²) in [5, 5.41) is 9.10. The van der Waals surface area contributed by atoms with Gasteiger partial charge in [0.1, 0.15) is 0 Å². The van der Waals surface area contributed by atoms with Gasteiger partial charge in [-0.05, 0) is 19.8 Å². The molecule has 1 rings (SSSR count). The van der Waals surface area contributed by atoms with Crippen molar-refractivity contribution in [2.75, 3.05) is 6.54 Å². The SMILES string of the molecule is Cc1ncc(S(=O)(=O)NCCCCC(=O)O)s1. The topological polar surface area (TPSA) is 96.4 Å². The Morgan fingerprint density at radius 2 is 2.24 bits per heavy atom. The number of aliphatic carboxylic acids is 1. The third kappa shape index (κ3) is 4.80. The molecule has 0 saturated heterocycles. The number of unbranched alkanes of at least 4 members (excludes halogenated alkanes) is 1. The maximum absolute atomic E-state index is 11.7. The largest absolute Gasteiger partial charge is 0.481 e. The average Bonchev–Trinajstić information content (AvgIpc) is 2.64. The summed E-state index contributed by atoms with van der Waals surface area (Å²) in [6, 6.07) is 0.